The first-order valence-corrected chi connectivity index (χ1v) is 9.32. The van der Waals surface area contributed by atoms with E-state index in [1.54, 1.807) is 48.5 Å². The van der Waals surface area contributed by atoms with Gasteiger partial charge in [-0.15, -0.1) is 0 Å². The molecule has 0 aliphatic rings. The molecule has 1 N–H and O–H groups in total. The highest BCUT2D eigenvalue weighted by molar-refractivity contribution is 7.92. The highest BCUT2D eigenvalue weighted by Gasteiger charge is 2.28. The van der Waals surface area contributed by atoms with Crippen molar-refractivity contribution >= 4 is 33.0 Å². The van der Waals surface area contributed by atoms with Crippen molar-refractivity contribution in [1.82, 2.24) is 0 Å². The minimum Gasteiger partial charge on any atom is -0.495 e. The molecule has 2 rings (SSSR count). The summed E-state index contributed by atoms with van der Waals surface area (Å²) in [5, 5.41) is 1.93. The molecular weight excluding hydrogens is 350 g/mol. The molecule has 0 radical (unpaired) electrons. The first-order valence-electron chi connectivity index (χ1n) is 7.23. The maximum atomic E-state index is 12.4. The van der Waals surface area contributed by atoms with Crippen LogP contribution in [0.2, 0.25) is 5.02 Å². The minimum atomic E-state index is -3.66. The molecule has 1 unspecified atom stereocenters. The molecule has 0 heterocycles. The molecule has 1 amide bonds. The zero-order chi connectivity index (χ0) is 17.7. The Morgan fingerprint density at radius 2 is 1.79 bits per heavy atom. The van der Waals surface area contributed by atoms with Crippen LogP contribution < -0.4 is 10.1 Å². The van der Waals surface area contributed by atoms with Gasteiger partial charge in [0.05, 0.1) is 18.6 Å². The second kappa shape index (κ2) is 7.68. The summed E-state index contributed by atoms with van der Waals surface area (Å²) in [5.41, 5.74) is 1.01. The summed E-state index contributed by atoms with van der Waals surface area (Å²) in [5.74, 6) is -0.369. The second-order valence-electron chi connectivity index (χ2n) is 5.27. The van der Waals surface area contributed by atoms with Crippen LogP contribution in [0.4, 0.5) is 5.69 Å². The SMILES string of the molecule is COc1ccccc1NC(=O)C(C)S(=O)(=O)Cc1ccc(Cl)cc1. The van der Waals surface area contributed by atoms with E-state index >= 15 is 0 Å². The number of hydrogen-bond donors (Lipinski definition) is 1. The van der Waals surface area contributed by atoms with E-state index in [0.29, 0.717) is 22.0 Å². The van der Waals surface area contributed by atoms with Crippen LogP contribution in [0.1, 0.15) is 12.5 Å². The van der Waals surface area contributed by atoms with Gasteiger partial charge < -0.3 is 10.1 Å². The van der Waals surface area contributed by atoms with E-state index in [1.165, 1.54) is 14.0 Å². The predicted octanol–water partition coefficient (Wildman–Crippen LogP) is 3.29. The Hall–Kier alpha value is -2.05. The monoisotopic (exact) mass is 367 g/mol. The van der Waals surface area contributed by atoms with Crippen LogP contribution in [0.3, 0.4) is 0 Å². The standard InChI is InChI=1S/C17H18ClNO4S/c1-12(17(20)19-15-5-3-4-6-16(15)23-2)24(21,22)11-13-7-9-14(18)10-8-13/h3-10,12H,11H2,1-2H3,(H,19,20). The maximum absolute atomic E-state index is 12.4. The van der Waals surface area contributed by atoms with Gasteiger partial charge in [-0.05, 0) is 36.8 Å². The van der Waals surface area contributed by atoms with E-state index in [4.69, 9.17) is 16.3 Å². The van der Waals surface area contributed by atoms with Crippen LogP contribution >= 0.6 is 11.6 Å². The van der Waals surface area contributed by atoms with E-state index in [1.807, 2.05) is 0 Å². The number of benzene rings is 2. The summed E-state index contributed by atoms with van der Waals surface area (Å²) >= 11 is 5.79. The Labute approximate surface area is 146 Å². The molecule has 1 atom stereocenters. The second-order valence-corrected chi connectivity index (χ2v) is 8.02. The van der Waals surface area contributed by atoms with Crippen LogP contribution in [-0.4, -0.2) is 26.7 Å². The molecule has 0 saturated carbocycles. The fraction of sp³-hybridized carbons (Fsp3) is 0.235. The van der Waals surface area contributed by atoms with Crippen molar-refractivity contribution in [2.75, 3.05) is 12.4 Å². The van der Waals surface area contributed by atoms with Gasteiger partial charge >= 0.3 is 0 Å². The number of para-hydroxylation sites is 2. The average molecular weight is 368 g/mol. The molecule has 0 saturated heterocycles. The number of carbonyl (C=O) groups excluding carboxylic acids is 1. The number of sulfone groups is 1. The number of amides is 1. The first kappa shape index (κ1) is 18.3. The lowest BCUT2D eigenvalue weighted by Crippen LogP contribution is -2.33. The molecule has 7 heteroatoms. The lowest BCUT2D eigenvalue weighted by molar-refractivity contribution is -0.115. The van der Waals surface area contributed by atoms with Gasteiger partial charge in [-0.25, -0.2) is 8.42 Å². The van der Waals surface area contributed by atoms with E-state index in [-0.39, 0.29) is 5.75 Å². The number of ether oxygens (including phenoxy) is 1. The quantitative estimate of drug-likeness (QED) is 0.850. The van der Waals surface area contributed by atoms with E-state index in [0.717, 1.165) is 0 Å². The Morgan fingerprint density at radius 1 is 1.17 bits per heavy atom. The first-order chi connectivity index (χ1) is 11.3. The van der Waals surface area contributed by atoms with Crippen molar-refractivity contribution in [3.63, 3.8) is 0 Å². The van der Waals surface area contributed by atoms with Gasteiger partial charge in [-0.3, -0.25) is 4.79 Å². The predicted molar refractivity (Wildman–Crippen MR) is 95.2 cm³/mol. The molecule has 0 aliphatic carbocycles. The van der Waals surface area contributed by atoms with E-state index in [9.17, 15) is 13.2 Å². The highest BCUT2D eigenvalue weighted by atomic mass is 35.5. The molecule has 2 aromatic carbocycles. The van der Waals surface area contributed by atoms with Gasteiger partial charge in [0.25, 0.3) is 0 Å². The number of halogens is 1. The summed E-state index contributed by atoms with van der Waals surface area (Å²) in [7, 11) is -2.18. The molecular formula is C17H18ClNO4S. The third-order valence-corrected chi connectivity index (χ3v) is 5.83. The van der Waals surface area contributed by atoms with Crippen molar-refractivity contribution in [2.45, 2.75) is 17.9 Å². The van der Waals surface area contributed by atoms with Crippen LogP contribution in [-0.2, 0) is 20.4 Å². The largest absolute Gasteiger partial charge is 0.495 e. The van der Waals surface area contributed by atoms with Crippen molar-refractivity contribution in [3.05, 3.63) is 59.1 Å². The molecule has 0 spiro atoms. The normalized spacial score (nSPS) is 12.5. The zero-order valence-electron chi connectivity index (χ0n) is 13.3. The number of methoxy groups -OCH3 is 1. The Balaban J connectivity index is 2.12. The number of anilines is 1. The van der Waals surface area contributed by atoms with Gasteiger partial charge in [0.15, 0.2) is 9.84 Å². The molecule has 0 bridgehead atoms. The fourth-order valence-electron chi connectivity index (χ4n) is 2.08. The van der Waals surface area contributed by atoms with Crippen LogP contribution in [0, 0.1) is 0 Å². The summed E-state index contributed by atoms with van der Waals surface area (Å²) < 4.78 is 30.0. The Morgan fingerprint density at radius 3 is 2.42 bits per heavy atom. The third kappa shape index (κ3) is 4.49. The zero-order valence-corrected chi connectivity index (χ0v) is 14.9. The Bertz CT molecular complexity index is 819. The number of carbonyl (C=O) groups is 1. The molecule has 128 valence electrons. The number of rotatable bonds is 6. The summed E-state index contributed by atoms with van der Waals surface area (Å²) in [6, 6.07) is 13.3. The number of hydrogen-bond acceptors (Lipinski definition) is 4. The van der Waals surface area contributed by atoms with Gasteiger partial charge in [0, 0.05) is 5.02 Å². The van der Waals surface area contributed by atoms with E-state index in [2.05, 4.69) is 5.32 Å². The Kier molecular flexibility index (Phi) is 5.85. The van der Waals surface area contributed by atoms with E-state index < -0.39 is 21.0 Å². The smallest absolute Gasteiger partial charge is 0.242 e. The molecule has 0 aromatic heterocycles. The lowest BCUT2D eigenvalue weighted by atomic mass is 10.2. The molecule has 24 heavy (non-hydrogen) atoms. The van der Waals surface area contributed by atoms with Crippen molar-refractivity contribution in [3.8, 4) is 5.75 Å². The maximum Gasteiger partial charge on any atom is 0.242 e. The molecule has 0 aliphatic heterocycles. The number of nitrogens with one attached hydrogen (secondary N) is 1. The highest BCUT2D eigenvalue weighted by Crippen LogP contribution is 2.24. The molecule has 2 aromatic rings. The molecule has 0 fully saturated rings. The van der Waals surface area contributed by atoms with Gasteiger partial charge in [-0.2, -0.15) is 0 Å². The van der Waals surface area contributed by atoms with Gasteiger partial charge in [0.2, 0.25) is 5.91 Å². The summed E-state index contributed by atoms with van der Waals surface area (Å²) in [4.78, 5) is 12.3. The molecule has 5 nitrogen and oxygen atoms in total. The van der Waals surface area contributed by atoms with Crippen molar-refractivity contribution < 1.29 is 17.9 Å². The summed E-state index contributed by atoms with van der Waals surface area (Å²) in [6.07, 6.45) is 0. The van der Waals surface area contributed by atoms with Gasteiger partial charge in [0.1, 0.15) is 11.0 Å². The fourth-order valence-corrected chi connectivity index (χ4v) is 3.50. The van der Waals surface area contributed by atoms with Crippen LogP contribution in [0.5, 0.6) is 5.75 Å². The van der Waals surface area contributed by atoms with Crippen LogP contribution in [0.25, 0.3) is 0 Å². The third-order valence-electron chi connectivity index (χ3n) is 3.55. The van der Waals surface area contributed by atoms with Gasteiger partial charge in [-0.1, -0.05) is 35.9 Å². The van der Waals surface area contributed by atoms with Crippen LogP contribution in [0.15, 0.2) is 48.5 Å². The minimum absolute atomic E-state index is 0.231. The van der Waals surface area contributed by atoms with Crippen molar-refractivity contribution in [2.24, 2.45) is 0 Å². The lowest BCUT2D eigenvalue weighted by Gasteiger charge is -2.15. The summed E-state index contributed by atoms with van der Waals surface area (Å²) in [6.45, 7) is 1.37. The van der Waals surface area contributed by atoms with Crippen molar-refractivity contribution in [1.29, 1.82) is 0 Å². The topological polar surface area (TPSA) is 72.5 Å². The average Bonchev–Trinajstić information content (AvgIpc) is 2.56.